The van der Waals surface area contributed by atoms with E-state index in [4.69, 9.17) is 14.2 Å². The zero-order valence-electron chi connectivity index (χ0n) is 17.4. The number of nitrogens with zero attached hydrogens (tertiary/aromatic N) is 1. The van der Waals surface area contributed by atoms with Crippen molar-refractivity contribution in [2.75, 3.05) is 13.2 Å². The summed E-state index contributed by atoms with van der Waals surface area (Å²) >= 11 is 0. The number of unbranched alkanes of at least 4 members (excludes halogenated alkanes) is 5. The smallest absolute Gasteiger partial charge is 0.316 e. The molecule has 0 aliphatic carbocycles. The zero-order chi connectivity index (χ0) is 20.2. The van der Waals surface area contributed by atoms with Crippen molar-refractivity contribution >= 4 is 14.2 Å². The van der Waals surface area contributed by atoms with Gasteiger partial charge in [0.25, 0.3) is 0 Å². The summed E-state index contributed by atoms with van der Waals surface area (Å²) in [5.74, 6) is 0.686. The lowest BCUT2D eigenvalue weighted by Crippen LogP contribution is -2.30. The summed E-state index contributed by atoms with van der Waals surface area (Å²) in [6.45, 7) is 4.85. The number of hydrogen-bond acceptors (Lipinski definition) is 4. The molecule has 158 valence electrons. The molecule has 0 fully saturated rings. The molecule has 6 heteroatoms. The lowest BCUT2D eigenvalue weighted by atomic mass is 9.89. The average molecular weight is 410 g/mol. The minimum absolute atomic E-state index is 0.228. The van der Waals surface area contributed by atoms with Gasteiger partial charge in [0.2, 0.25) is 0 Å². The number of benzene rings is 1. The van der Waals surface area contributed by atoms with E-state index in [0.717, 1.165) is 19.3 Å². The van der Waals surface area contributed by atoms with Crippen LogP contribution in [-0.4, -0.2) is 29.5 Å². The van der Waals surface area contributed by atoms with Crippen LogP contribution in [-0.2, 0) is 26.7 Å². The molecule has 2 atom stereocenters. The van der Waals surface area contributed by atoms with Crippen molar-refractivity contribution in [2.24, 2.45) is 4.99 Å². The zero-order valence-corrected chi connectivity index (χ0v) is 18.4. The fraction of sp³-hybridized carbons (Fsp3) is 0.682. The largest absolute Gasteiger partial charge is 0.479 e. The predicted molar refractivity (Wildman–Crippen MR) is 115 cm³/mol. The molecular weight excluding hydrogens is 373 g/mol. The Balaban J connectivity index is 1.77. The second-order valence-electron chi connectivity index (χ2n) is 7.84. The van der Waals surface area contributed by atoms with Crippen LogP contribution in [0.25, 0.3) is 0 Å². The first-order valence-corrected chi connectivity index (χ1v) is 11.9. The van der Waals surface area contributed by atoms with E-state index in [0.29, 0.717) is 18.9 Å². The molecule has 1 aliphatic rings. The summed E-state index contributed by atoms with van der Waals surface area (Å²) in [6.07, 6.45) is 11.5. The van der Waals surface area contributed by atoms with Crippen molar-refractivity contribution in [3.8, 4) is 0 Å². The van der Waals surface area contributed by atoms with Gasteiger partial charge in [-0.1, -0.05) is 63.3 Å². The van der Waals surface area contributed by atoms with E-state index in [1.807, 2.05) is 6.92 Å². The van der Waals surface area contributed by atoms with E-state index >= 15 is 0 Å². The molecule has 0 saturated heterocycles. The first kappa shape index (κ1) is 23.1. The van der Waals surface area contributed by atoms with Gasteiger partial charge in [-0.2, -0.15) is 0 Å². The molecule has 1 heterocycles. The average Bonchev–Trinajstić information content (AvgIpc) is 3.05. The van der Waals surface area contributed by atoms with Gasteiger partial charge in [-0.25, -0.2) is 4.99 Å². The summed E-state index contributed by atoms with van der Waals surface area (Å²) in [6, 6.07) is 8.92. The standard InChI is InChI=1S/C22H36NO4P/c1-3-4-5-6-7-8-9-20-10-12-21(13-11-20)14-15-22(16-17-27-28(24)25)18-26-19(2)23-22/h10-13,28H,3-9,14-18H2,1-2H3,(H,24,25). The molecule has 0 radical (unpaired) electrons. The number of hydrogen-bond donors (Lipinski definition) is 1. The molecule has 0 aromatic heterocycles. The Morgan fingerprint density at radius 1 is 1.07 bits per heavy atom. The minimum atomic E-state index is -2.89. The second kappa shape index (κ2) is 12.4. The predicted octanol–water partition coefficient (Wildman–Crippen LogP) is 5.50. The summed E-state index contributed by atoms with van der Waals surface area (Å²) in [5, 5.41) is 0. The quantitative estimate of drug-likeness (QED) is 0.325. The van der Waals surface area contributed by atoms with Crippen LogP contribution in [0.3, 0.4) is 0 Å². The molecule has 0 saturated carbocycles. The Bertz CT molecular complexity index is 632. The highest BCUT2D eigenvalue weighted by molar-refractivity contribution is 7.32. The van der Waals surface area contributed by atoms with E-state index in [1.165, 1.54) is 49.7 Å². The maximum atomic E-state index is 10.8. The Morgan fingerprint density at radius 2 is 1.71 bits per heavy atom. The van der Waals surface area contributed by atoms with Crippen LogP contribution < -0.4 is 0 Å². The monoisotopic (exact) mass is 409 g/mol. The van der Waals surface area contributed by atoms with Crippen LogP contribution in [0.1, 0.15) is 76.3 Å². The Morgan fingerprint density at radius 3 is 2.32 bits per heavy atom. The fourth-order valence-electron chi connectivity index (χ4n) is 3.71. The van der Waals surface area contributed by atoms with Crippen LogP contribution >= 0.6 is 8.25 Å². The molecule has 1 aromatic carbocycles. The highest BCUT2D eigenvalue weighted by Gasteiger charge is 2.35. The van der Waals surface area contributed by atoms with Gasteiger partial charge in [0.1, 0.15) is 12.1 Å². The Kier molecular flexibility index (Phi) is 10.3. The van der Waals surface area contributed by atoms with Gasteiger partial charge in [-0.3, -0.25) is 4.57 Å². The summed E-state index contributed by atoms with van der Waals surface area (Å²) in [7, 11) is -2.89. The minimum Gasteiger partial charge on any atom is -0.479 e. The molecule has 5 nitrogen and oxygen atoms in total. The van der Waals surface area contributed by atoms with Crippen LogP contribution in [0.5, 0.6) is 0 Å². The van der Waals surface area contributed by atoms with Gasteiger partial charge in [0, 0.05) is 6.92 Å². The number of aliphatic imine (C=N–C) groups is 1. The Hall–Kier alpha value is -1.16. The van der Waals surface area contributed by atoms with Crippen molar-refractivity contribution in [1.29, 1.82) is 0 Å². The lowest BCUT2D eigenvalue weighted by Gasteiger charge is -2.24. The van der Waals surface area contributed by atoms with Crippen LogP contribution in [0.2, 0.25) is 0 Å². The summed E-state index contributed by atoms with van der Waals surface area (Å²) in [5.41, 5.74) is 2.36. The summed E-state index contributed by atoms with van der Waals surface area (Å²) in [4.78, 5) is 13.5. The molecular formula is C22H36NO4P. The number of rotatable bonds is 14. The van der Waals surface area contributed by atoms with E-state index < -0.39 is 8.25 Å². The van der Waals surface area contributed by atoms with Crippen molar-refractivity contribution in [3.63, 3.8) is 0 Å². The van der Waals surface area contributed by atoms with Crippen molar-refractivity contribution in [3.05, 3.63) is 35.4 Å². The second-order valence-corrected chi connectivity index (χ2v) is 8.66. The molecule has 0 bridgehead atoms. The Labute approximate surface area is 170 Å². The van der Waals surface area contributed by atoms with Crippen LogP contribution in [0.15, 0.2) is 29.3 Å². The van der Waals surface area contributed by atoms with Gasteiger partial charge in [-0.05, 0) is 43.2 Å². The topological polar surface area (TPSA) is 68.1 Å². The van der Waals surface area contributed by atoms with E-state index in [-0.39, 0.29) is 12.1 Å². The SMILES string of the molecule is CCCCCCCCc1ccc(CCC2(CCO[PH](=O)O)COC(C)=N2)cc1. The molecule has 2 rings (SSSR count). The number of aryl methyl sites for hydroxylation is 2. The van der Waals surface area contributed by atoms with Crippen LogP contribution in [0.4, 0.5) is 0 Å². The molecule has 28 heavy (non-hydrogen) atoms. The molecule has 0 amide bonds. The van der Waals surface area contributed by atoms with E-state index in [2.05, 4.69) is 36.2 Å². The highest BCUT2D eigenvalue weighted by atomic mass is 31.1. The third kappa shape index (κ3) is 8.46. The first-order valence-electron chi connectivity index (χ1n) is 10.7. The van der Waals surface area contributed by atoms with E-state index in [1.54, 1.807) is 0 Å². The fourth-order valence-corrected chi connectivity index (χ4v) is 3.98. The first-order chi connectivity index (χ1) is 13.5. The lowest BCUT2D eigenvalue weighted by molar-refractivity contribution is 0.192. The van der Waals surface area contributed by atoms with Crippen molar-refractivity contribution in [1.82, 2.24) is 0 Å². The molecule has 0 spiro atoms. The van der Waals surface area contributed by atoms with Gasteiger partial charge in [0.15, 0.2) is 5.90 Å². The number of ether oxygens (including phenoxy) is 1. The third-order valence-electron chi connectivity index (χ3n) is 5.46. The summed E-state index contributed by atoms with van der Waals surface area (Å²) < 4.78 is 21.2. The molecule has 2 unspecified atom stereocenters. The van der Waals surface area contributed by atoms with Crippen LogP contribution in [0, 0.1) is 0 Å². The van der Waals surface area contributed by atoms with E-state index in [9.17, 15) is 4.57 Å². The maximum Gasteiger partial charge on any atom is 0.316 e. The van der Waals surface area contributed by atoms with Gasteiger partial charge >= 0.3 is 8.25 Å². The normalized spacial score (nSPS) is 20.0. The molecule has 1 aliphatic heterocycles. The van der Waals surface area contributed by atoms with Gasteiger partial charge in [0.05, 0.1) is 6.61 Å². The van der Waals surface area contributed by atoms with Gasteiger partial charge < -0.3 is 14.2 Å². The molecule has 1 aromatic rings. The van der Waals surface area contributed by atoms with Crippen molar-refractivity contribution in [2.45, 2.75) is 83.6 Å². The van der Waals surface area contributed by atoms with Crippen molar-refractivity contribution < 1.29 is 18.7 Å². The highest BCUT2D eigenvalue weighted by Crippen LogP contribution is 2.30. The van der Waals surface area contributed by atoms with Gasteiger partial charge in [-0.15, -0.1) is 0 Å². The third-order valence-corrected chi connectivity index (χ3v) is 5.91. The maximum absolute atomic E-state index is 10.8. The molecule has 1 N–H and O–H groups in total.